The number of nitrogens with zero attached hydrogens (tertiary/aromatic N) is 3. The summed E-state index contributed by atoms with van der Waals surface area (Å²) in [6.45, 7) is 3.83. The molecule has 0 fully saturated rings. The highest BCUT2D eigenvalue weighted by Crippen LogP contribution is 2.27. The molecule has 4 aromatic rings. The summed E-state index contributed by atoms with van der Waals surface area (Å²) in [4.78, 5) is 20.9. The number of thioether (sulfide) groups is 1. The normalized spacial score (nSPS) is 11.4. The van der Waals surface area contributed by atoms with Crippen LogP contribution in [0.1, 0.15) is 17.0 Å². The number of carbonyl (C=O) groups excluding carboxylic acids is 1. The number of aryl methyl sites for hydroxylation is 2. The lowest BCUT2D eigenvalue weighted by molar-refractivity contribution is -0.118. The van der Waals surface area contributed by atoms with Gasteiger partial charge in [0.15, 0.2) is 5.16 Å². The number of benzene rings is 3. The van der Waals surface area contributed by atoms with Gasteiger partial charge in [-0.2, -0.15) is 5.10 Å². The SMILES string of the molecule is Cc1cc(C)nc(SCC(=O)N/N=C\c2c3ccccc3cc3ccccc23)n1. The number of carbonyl (C=O) groups is 1. The number of hydrogen-bond donors (Lipinski definition) is 1. The van der Waals surface area contributed by atoms with Gasteiger partial charge in [0.1, 0.15) is 0 Å². The number of hydrazone groups is 1. The molecule has 6 heteroatoms. The van der Waals surface area contributed by atoms with E-state index in [4.69, 9.17) is 0 Å². The molecule has 0 spiro atoms. The zero-order valence-corrected chi connectivity index (χ0v) is 17.0. The molecule has 29 heavy (non-hydrogen) atoms. The summed E-state index contributed by atoms with van der Waals surface area (Å²) in [5, 5.41) is 9.29. The van der Waals surface area contributed by atoms with Crippen LogP contribution in [-0.2, 0) is 4.79 Å². The van der Waals surface area contributed by atoms with Gasteiger partial charge < -0.3 is 0 Å². The third kappa shape index (κ3) is 4.43. The van der Waals surface area contributed by atoms with Gasteiger partial charge in [-0.1, -0.05) is 60.3 Å². The van der Waals surface area contributed by atoms with Crippen LogP contribution in [0.3, 0.4) is 0 Å². The number of hydrogen-bond acceptors (Lipinski definition) is 5. The molecule has 1 heterocycles. The summed E-state index contributed by atoms with van der Waals surface area (Å²) in [5.41, 5.74) is 5.38. The number of rotatable bonds is 5. The average molecular weight is 401 g/mol. The van der Waals surface area contributed by atoms with E-state index in [1.165, 1.54) is 11.8 Å². The zero-order valence-electron chi connectivity index (χ0n) is 16.2. The Morgan fingerprint density at radius 3 is 2.17 bits per heavy atom. The minimum absolute atomic E-state index is 0.196. The molecule has 0 aliphatic heterocycles. The third-order valence-electron chi connectivity index (χ3n) is 4.49. The Hall–Kier alpha value is -3.25. The highest BCUT2D eigenvalue weighted by Gasteiger charge is 2.07. The van der Waals surface area contributed by atoms with Gasteiger partial charge in [-0.05, 0) is 47.5 Å². The molecule has 0 radical (unpaired) electrons. The summed E-state index contributed by atoms with van der Waals surface area (Å²) in [5.74, 6) is 0.00909. The summed E-state index contributed by atoms with van der Waals surface area (Å²) in [7, 11) is 0. The van der Waals surface area contributed by atoms with Gasteiger partial charge in [0.25, 0.3) is 5.91 Å². The van der Waals surface area contributed by atoms with Crippen LogP contribution in [0.2, 0.25) is 0 Å². The lowest BCUT2D eigenvalue weighted by Crippen LogP contribution is -2.19. The van der Waals surface area contributed by atoms with Crippen molar-refractivity contribution in [2.45, 2.75) is 19.0 Å². The second-order valence-electron chi connectivity index (χ2n) is 6.75. The standard InChI is InChI=1S/C23H20N4OS/c1-15-11-16(2)26-23(25-15)29-14-22(28)27-24-13-21-19-9-5-3-7-17(19)12-18-8-4-6-10-20(18)21/h3-13H,14H2,1-2H3,(H,27,28)/b24-13-. The first kappa shape index (κ1) is 19.1. The number of aromatic nitrogens is 2. The van der Waals surface area contributed by atoms with Gasteiger partial charge in [0, 0.05) is 17.0 Å². The van der Waals surface area contributed by atoms with Crippen molar-refractivity contribution in [1.29, 1.82) is 0 Å². The fraction of sp³-hybridized carbons (Fsp3) is 0.130. The van der Waals surface area contributed by atoms with Crippen molar-refractivity contribution in [3.63, 3.8) is 0 Å². The molecule has 4 rings (SSSR count). The molecule has 1 aromatic heterocycles. The second-order valence-corrected chi connectivity index (χ2v) is 7.69. The van der Waals surface area contributed by atoms with Crippen LogP contribution in [0.25, 0.3) is 21.5 Å². The van der Waals surface area contributed by atoms with Gasteiger partial charge in [-0.25, -0.2) is 15.4 Å². The molecule has 0 aliphatic rings. The largest absolute Gasteiger partial charge is 0.272 e. The third-order valence-corrected chi connectivity index (χ3v) is 5.34. The van der Waals surface area contributed by atoms with Crippen LogP contribution >= 0.6 is 11.8 Å². The molecule has 144 valence electrons. The van der Waals surface area contributed by atoms with E-state index in [0.29, 0.717) is 5.16 Å². The number of fused-ring (bicyclic) bond motifs is 2. The highest BCUT2D eigenvalue weighted by atomic mass is 32.2. The van der Waals surface area contributed by atoms with Crippen molar-refractivity contribution < 1.29 is 4.79 Å². The first-order valence-corrected chi connectivity index (χ1v) is 10.3. The van der Waals surface area contributed by atoms with Crippen molar-refractivity contribution in [3.8, 4) is 0 Å². The van der Waals surface area contributed by atoms with Crippen molar-refractivity contribution in [2.75, 3.05) is 5.75 Å². The Kier molecular flexibility index (Phi) is 5.53. The zero-order chi connectivity index (χ0) is 20.2. The lowest BCUT2D eigenvalue weighted by Gasteiger charge is -2.08. The topological polar surface area (TPSA) is 67.2 Å². The average Bonchev–Trinajstić information content (AvgIpc) is 2.71. The Labute approximate surface area is 173 Å². The molecule has 1 amide bonds. The highest BCUT2D eigenvalue weighted by molar-refractivity contribution is 7.99. The van der Waals surface area contributed by atoms with Crippen LogP contribution in [0.4, 0.5) is 0 Å². The van der Waals surface area contributed by atoms with Gasteiger partial charge in [-0.15, -0.1) is 0 Å². The lowest BCUT2D eigenvalue weighted by atomic mass is 9.97. The van der Waals surface area contributed by atoms with Crippen molar-refractivity contribution >= 4 is 45.4 Å². The molecule has 0 bridgehead atoms. The first-order valence-electron chi connectivity index (χ1n) is 9.27. The van der Waals surface area contributed by atoms with E-state index in [1.54, 1.807) is 6.21 Å². The van der Waals surface area contributed by atoms with Gasteiger partial charge in [0.2, 0.25) is 0 Å². The maximum atomic E-state index is 12.2. The minimum atomic E-state index is -0.196. The molecule has 0 saturated carbocycles. The van der Waals surface area contributed by atoms with E-state index in [0.717, 1.165) is 38.5 Å². The van der Waals surface area contributed by atoms with E-state index in [2.05, 4.69) is 50.8 Å². The Bertz CT molecular complexity index is 1160. The van der Waals surface area contributed by atoms with Gasteiger partial charge >= 0.3 is 0 Å². The number of amides is 1. The maximum Gasteiger partial charge on any atom is 0.250 e. The summed E-state index contributed by atoms with van der Waals surface area (Å²) >= 11 is 1.30. The summed E-state index contributed by atoms with van der Waals surface area (Å²) in [6, 6.07) is 20.4. The molecule has 0 saturated heterocycles. The number of nitrogens with one attached hydrogen (secondary N) is 1. The monoisotopic (exact) mass is 400 g/mol. The molecule has 1 N–H and O–H groups in total. The molecular weight excluding hydrogens is 380 g/mol. The molecular formula is C23H20N4OS. The van der Waals surface area contributed by atoms with Crippen LogP contribution in [-0.4, -0.2) is 27.8 Å². The van der Waals surface area contributed by atoms with E-state index in [-0.39, 0.29) is 11.7 Å². The van der Waals surface area contributed by atoms with Crippen molar-refractivity contribution in [3.05, 3.63) is 77.6 Å². The van der Waals surface area contributed by atoms with Crippen LogP contribution < -0.4 is 5.43 Å². The smallest absolute Gasteiger partial charge is 0.250 e. The Morgan fingerprint density at radius 2 is 1.55 bits per heavy atom. The first-order chi connectivity index (χ1) is 14.1. The van der Waals surface area contributed by atoms with Gasteiger partial charge in [-0.3, -0.25) is 4.79 Å². The van der Waals surface area contributed by atoms with Crippen LogP contribution in [0.15, 0.2) is 70.9 Å². The van der Waals surface area contributed by atoms with Crippen molar-refractivity contribution in [1.82, 2.24) is 15.4 Å². The van der Waals surface area contributed by atoms with Gasteiger partial charge in [0.05, 0.1) is 12.0 Å². The predicted octanol–water partition coefficient (Wildman–Crippen LogP) is 4.64. The summed E-state index contributed by atoms with van der Waals surface area (Å²) < 4.78 is 0. The quantitative estimate of drug-likeness (QED) is 0.174. The molecule has 0 atom stereocenters. The fourth-order valence-corrected chi connectivity index (χ4v) is 4.02. The second kappa shape index (κ2) is 8.41. The molecule has 0 unspecified atom stereocenters. The van der Waals surface area contributed by atoms with E-state index in [1.807, 2.05) is 44.2 Å². The van der Waals surface area contributed by atoms with E-state index >= 15 is 0 Å². The Balaban J connectivity index is 1.51. The Morgan fingerprint density at radius 1 is 0.966 bits per heavy atom. The minimum Gasteiger partial charge on any atom is -0.272 e. The predicted molar refractivity (Wildman–Crippen MR) is 119 cm³/mol. The fourth-order valence-electron chi connectivity index (χ4n) is 3.28. The molecule has 0 aliphatic carbocycles. The van der Waals surface area contributed by atoms with Crippen LogP contribution in [0, 0.1) is 13.8 Å². The maximum absolute atomic E-state index is 12.2. The molecule has 5 nitrogen and oxygen atoms in total. The van der Waals surface area contributed by atoms with E-state index < -0.39 is 0 Å². The summed E-state index contributed by atoms with van der Waals surface area (Å²) in [6.07, 6.45) is 1.72. The molecule has 3 aromatic carbocycles. The van der Waals surface area contributed by atoms with E-state index in [9.17, 15) is 4.79 Å². The van der Waals surface area contributed by atoms with Crippen LogP contribution in [0.5, 0.6) is 0 Å². The van der Waals surface area contributed by atoms with Crippen molar-refractivity contribution in [2.24, 2.45) is 5.10 Å².